The Balaban J connectivity index is 2.69. The zero-order valence-corrected chi connectivity index (χ0v) is 9.70. The minimum atomic E-state index is -0.964. The highest BCUT2D eigenvalue weighted by molar-refractivity contribution is 7.09. The van der Waals surface area contributed by atoms with E-state index in [9.17, 15) is 4.39 Å². The van der Waals surface area contributed by atoms with Crippen molar-refractivity contribution in [1.82, 2.24) is 4.98 Å². The fourth-order valence-corrected chi connectivity index (χ4v) is 2.10. The Morgan fingerprint density at radius 3 is 2.64 bits per heavy atom. The van der Waals surface area contributed by atoms with Gasteiger partial charge in [-0.15, -0.1) is 11.3 Å². The Labute approximate surface area is 88.4 Å². The number of aromatic nitrogens is 1. The summed E-state index contributed by atoms with van der Waals surface area (Å²) in [5.41, 5.74) is 6.29. The first-order chi connectivity index (χ1) is 6.43. The van der Waals surface area contributed by atoms with Gasteiger partial charge >= 0.3 is 0 Å². The van der Waals surface area contributed by atoms with E-state index >= 15 is 0 Å². The molecule has 2 N–H and O–H groups in total. The van der Waals surface area contributed by atoms with Gasteiger partial charge in [0.1, 0.15) is 6.17 Å². The van der Waals surface area contributed by atoms with Gasteiger partial charge in [0.05, 0.1) is 10.7 Å². The Bertz CT molecular complexity index is 291. The van der Waals surface area contributed by atoms with Crippen molar-refractivity contribution in [1.29, 1.82) is 0 Å². The first-order valence-corrected chi connectivity index (χ1v) is 5.60. The van der Waals surface area contributed by atoms with Crippen LogP contribution in [0.1, 0.15) is 31.5 Å². The molecular weight excluding hydrogens is 199 g/mol. The smallest absolute Gasteiger partial charge is 0.119 e. The van der Waals surface area contributed by atoms with Gasteiger partial charge in [-0.05, 0) is 0 Å². The van der Waals surface area contributed by atoms with Gasteiger partial charge in [-0.2, -0.15) is 0 Å². The second-order valence-corrected chi connectivity index (χ2v) is 5.36. The third-order valence-electron chi connectivity index (χ3n) is 1.97. The Kier molecular flexibility index (Phi) is 3.61. The molecule has 0 amide bonds. The van der Waals surface area contributed by atoms with E-state index in [1.54, 1.807) is 0 Å². The van der Waals surface area contributed by atoms with Gasteiger partial charge in [-0.3, -0.25) is 0 Å². The predicted molar refractivity (Wildman–Crippen MR) is 58.5 cm³/mol. The molecule has 0 saturated carbocycles. The fraction of sp³-hybridized carbons (Fsp3) is 0.700. The van der Waals surface area contributed by atoms with Crippen LogP contribution in [0, 0.1) is 0 Å². The minimum absolute atomic E-state index is 0.0449. The molecule has 1 atom stereocenters. The fourth-order valence-electron chi connectivity index (χ4n) is 1.02. The highest BCUT2D eigenvalue weighted by atomic mass is 32.1. The van der Waals surface area contributed by atoms with E-state index in [2.05, 4.69) is 25.8 Å². The van der Waals surface area contributed by atoms with Crippen molar-refractivity contribution in [2.24, 2.45) is 5.73 Å². The summed E-state index contributed by atoms with van der Waals surface area (Å²) >= 11 is 1.51. The quantitative estimate of drug-likeness (QED) is 0.842. The molecule has 2 nitrogen and oxygen atoms in total. The summed E-state index contributed by atoms with van der Waals surface area (Å²) in [5.74, 6) is 0. The number of halogens is 1. The summed E-state index contributed by atoms with van der Waals surface area (Å²) < 4.78 is 13.0. The molecule has 1 rings (SSSR count). The number of nitrogens with two attached hydrogens (primary N) is 1. The van der Waals surface area contributed by atoms with E-state index in [4.69, 9.17) is 5.73 Å². The topological polar surface area (TPSA) is 38.9 Å². The largest absolute Gasteiger partial charge is 0.328 e. The standard InChI is InChI=1S/C10H17FN2S/c1-10(2,3)8-6-14-9(13-8)4-7(11)5-12/h6-7H,4-5,12H2,1-3H3. The average molecular weight is 216 g/mol. The maximum absolute atomic E-state index is 13.0. The van der Waals surface area contributed by atoms with E-state index in [0.29, 0.717) is 6.42 Å². The molecule has 0 spiro atoms. The highest BCUT2D eigenvalue weighted by Gasteiger charge is 2.18. The van der Waals surface area contributed by atoms with E-state index < -0.39 is 6.17 Å². The van der Waals surface area contributed by atoms with Crippen molar-refractivity contribution in [3.63, 3.8) is 0 Å². The van der Waals surface area contributed by atoms with Gasteiger partial charge in [0, 0.05) is 23.8 Å². The molecule has 0 radical (unpaired) electrons. The van der Waals surface area contributed by atoms with Crippen LogP contribution in [-0.4, -0.2) is 17.7 Å². The van der Waals surface area contributed by atoms with Gasteiger partial charge < -0.3 is 5.73 Å². The molecule has 0 saturated heterocycles. The zero-order chi connectivity index (χ0) is 10.8. The number of nitrogens with zero attached hydrogens (tertiary/aromatic N) is 1. The molecule has 0 bridgehead atoms. The molecule has 14 heavy (non-hydrogen) atoms. The number of thiazole rings is 1. The number of rotatable bonds is 3. The van der Waals surface area contributed by atoms with Crippen molar-refractivity contribution >= 4 is 11.3 Å². The van der Waals surface area contributed by atoms with Gasteiger partial charge in [0.2, 0.25) is 0 Å². The maximum Gasteiger partial charge on any atom is 0.119 e. The van der Waals surface area contributed by atoms with Crippen LogP contribution in [0.4, 0.5) is 4.39 Å². The van der Waals surface area contributed by atoms with E-state index in [0.717, 1.165) is 10.7 Å². The van der Waals surface area contributed by atoms with Crippen LogP contribution in [0.5, 0.6) is 0 Å². The van der Waals surface area contributed by atoms with Crippen LogP contribution in [0.3, 0.4) is 0 Å². The van der Waals surface area contributed by atoms with E-state index in [1.807, 2.05) is 5.38 Å². The number of hydrogen-bond acceptors (Lipinski definition) is 3. The van der Waals surface area contributed by atoms with Crippen LogP contribution < -0.4 is 5.73 Å². The summed E-state index contributed by atoms with van der Waals surface area (Å²) in [6.07, 6.45) is -0.619. The monoisotopic (exact) mass is 216 g/mol. The lowest BCUT2D eigenvalue weighted by Crippen LogP contribution is -2.18. The van der Waals surface area contributed by atoms with Crippen LogP contribution in [0.2, 0.25) is 0 Å². The van der Waals surface area contributed by atoms with E-state index in [1.165, 1.54) is 11.3 Å². The van der Waals surface area contributed by atoms with Gasteiger partial charge in [-0.1, -0.05) is 20.8 Å². The Morgan fingerprint density at radius 1 is 1.57 bits per heavy atom. The SMILES string of the molecule is CC(C)(C)c1csc(CC(F)CN)n1. The second-order valence-electron chi connectivity index (χ2n) is 4.41. The molecule has 1 unspecified atom stereocenters. The molecule has 4 heteroatoms. The summed E-state index contributed by atoms with van der Waals surface area (Å²) in [4.78, 5) is 4.39. The molecule has 1 aromatic rings. The van der Waals surface area contributed by atoms with Crippen LogP contribution in [-0.2, 0) is 11.8 Å². The third kappa shape index (κ3) is 3.03. The predicted octanol–water partition coefficient (Wildman–Crippen LogP) is 2.28. The summed E-state index contributed by atoms with van der Waals surface area (Å²) in [7, 11) is 0. The number of hydrogen-bond donors (Lipinski definition) is 1. The van der Waals surface area contributed by atoms with Crippen LogP contribution >= 0.6 is 11.3 Å². The van der Waals surface area contributed by atoms with E-state index in [-0.39, 0.29) is 12.0 Å². The molecule has 80 valence electrons. The Morgan fingerprint density at radius 2 is 2.21 bits per heavy atom. The molecular formula is C10H17FN2S. The molecule has 0 aromatic carbocycles. The molecule has 0 aliphatic carbocycles. The first kappa shape index (κ1) is 11.6. The lowest BCUT2D eigenvalue weighted by molar-refractivity contribution is 0.339. The van der Waals surface area contributed by atoms with Gasteiger partial charge in [0.15, 0.2) is 0 Å². The molecule has 1 aromatic heterocycles. The number of alkyl halides is 1. The van der Waals surface area contributed by atoms with Gasteiger partial charge in [-0.25, -0.2) is 9.37 Å². The summed E-state index contributed by atoms with van der Waals surface area (Å²) in [5, 5.41) is 2.84. The lowest BCUT2D eigenvalue weighted by Gasteiger charge is -2.14. The minimum Gasteiger partial charge on any atom is -0.328 e. The third-order valence-corrected chi connectivity index (χ3v) is 2.84. The van der Waals surface area contributed by atoms with Crippen molar-refractivity contribution in [3.8, 4) is 0 Å². The van der Waals surface area contributed by atoms with Gasteiger partial charge in [0.25, 0.3) is 0 Å². The van der Waals surface area contributed by atoms with Crippen molar-refractivity contribution < 1.29 is 4.39 Å². The molecule has 0 aliphatic rings. The molecule has 0 fully saturated rings. The Hall–Kier alpha value is -0.480. The maximum atomic E-state index is 13.0. The zero-order valence-electron chi connectivity index (χ0n) is 8.88. The average Bonchev–Trinajstić information content (AvgIpc) is 2.51. The molecule has 1 heterocycles. The first-order valence-electron chi connectivity index (χ1n) is 4.72. The van der Waals surface area contributed by atoms with Crippen molar-refractivity contribution in [3.05, 3.63) is 16.1 Å². The summed E-state index contributed by atoms with van der Waals surface area (Å²) in [6.45, 7) is 6.37. The van der Waals surface area contributed by atoms with Crippen LogP contribution in [0.15, 0.2) is 5.38 Å². The summed E-state index contributed by atoms with van der Waals surface area (Å²) in [6, 6.07) is 0. The lowest BCUT2D eigenvalue weighted by atomic mass is 9.93. The second kappa shape index (κ2) is 4.36. The highest BCUT2D eigenvalue weighted by Crippen LogP contribution is 2.24. The van der Waals surface area contributed by atoms with Crippen molar-refractivity contribution in [2.75, 3.05) is 6.54 Å². The van der Waals surface area contributed by atoms with Crippen LogP contribution in [0.25, 0.3) is 0 Å². The molecule has 0 aliphatic heterocycles. The van der Waals surface area contributed by atoms with Crippen molar-refractivity contribution in [2.45, 2.75) is 38.8 Å². The normalized spacial score (nSPS) is 14.4.